The number of rotatable bonds is 8. The summed E-state index contributed by atoms with van der Waals surface area (Å²) in [4.78, 5) is 2.26. The molecule has 5 aromatic rings. The molecule has 0 unspecified atom stereocenters. The van der Waals surface area contributed by atoms with Crippen LogP contribution in [0.1, 0.15) is 33.4 Å². The monoisotopic (exact) mass is 505 g/mol. The number of aromatic nitrogens is 3. The zero-order chi connectivity index (χ0) is 27.0. The first-order valence-corrected chi connectivity index (χ1v) is 12.4. The molecule has 186 valence electrons. The molecule has 39 heavy (non-hydrogen) atoms. The molecule has 0 saturated carbocycles. The van der Waals surface area contributed by atoms with Crippen molar-refractivity contribution in [1.82, 2.24) is 15.0 Å². The van der Waals surface area contributed by atoms with Crippen molar-refractivity contribution in [1.29, 1.82) is 15.8 Å². The Morgan fingerprint density at radius 3 is 1.62 bits per heavy atom. The van der Waals surface area contributed by atoms with Gasteiger partial charge >= 0.3 is 0 Å². The highest BCUT2D eigenvalue weighted by atomic mass is 15.4. The summed E-state index contributed by atoms with van der Waals surface area (Å²) in [6.07, 6.45) is 1.93. The second-order valence-corrected chi connectivity index (χ2v) is 9.10. The van der Waals surface area contributed by atoms with Gasteiger partial charge in [0.15, 0.2) is 0 Å². The van der Waals surface area contributed by atoms with Crippen molar-refractivity contribution in [3.8, 4) is 29.5 Å². The Kier molecular flexibility index (Phi) is 7.40. The Bertz CT molecular complexity index is 1640. The molecule has 0 radical (unpaired) electrons. The van der Waals surface area contributed by atoms with Gasteiger partial charge in [-0.25, -0.2) is 4.68 Å². The van der Waals surface area contributed by atoms with Gasteiger partial charge in [-0.05, 0) is 59.2 Å². The normalized spacial score (nSPS) is 10.3. The summed E-state index contributed by atoms with van der Waals surface area (Å²) in [6.45, 7) is 1.77. The molecule has 0 aliphatic rings. The Hall–Kier alpha value is -5.71. The maximum Gasteiger partial charge on any atom is 0.115 e. The van der Waals surface area contributed by atoms with Gasteiger partial charge in [0, 0.05) is 24.3 Å². The maximum atomic E-state index is 9.20. The predicted octanol–water partition coefficient (Wildman–Crippen LogP) is 5.82. The minimum atomic E-state index is 0.543. The molecule has 0 amide bonds. The molecule has 7 heteroatoms. The third-order valence-electron chi connectivity index (χ3n) is 6.40. The molecule has 0 fully saturated rings. The average Bonchev–Trinajstić information content (AvgIpc) is 3.46. The van der Waals surface area contributed by atoms with E-state index in [1.165, 1.54) is 0 Å². The molecule has 0 aliphatic carbocycles. The van der Waals surface area contributed by atoms with Crippen LogP contribution in [0, 0.1) is 34.0 Å². The second-order valence-electron chi connectivity index (χ2n) is 9.10. The predicted molar refractivity (Wildman–Crippen MR) is 148 cm³/mol. The Morgan fingerprint density at radius 2 is 1.10 bits per heavy atom. The second kappa shape index (κ2) is 11.6. The topological polar surface area (TPSA) is 105 Å². The average molecular weight is 506 g/mol. The van der Waals surface area contributed by atoms with Crippen molar-refractivity contribution in [3.05, 3.63) is 137 Å². The molecule has 1 aromatic heterocycles. The Morgan fingerprint density at radius 1 is 0.615 bits per heavy atom. The molecule has 5 rings (SSSR count). The molecule has 4 aromatic carbocycles. The van der Waals surface area contributed by atoms with Crippen LogP contribution < -0.4 is 4.90 Å². The van der Waals surface area contributed by atoms with Crippen molar-refractivity contribution in [2.24, 2.45) is 0 Å². The highest BCUT2D eigenvalue weighted by molar-refractivity contribution is 5.76. The third kappa shape index (κ3) is 6.00. The van der Waals surface area contributed by atoms with E-state index in [1.807, 2.05) is 85.1 Å². The van der Waals surface area contributed by atoms with Crippen LogP contribution >= 0.6 is 0 Å². The van der Waals surface area contributed by atoms with E-state index in [1.54, 1.807) is 16.8 Å². The molecule has 7 nitrogen and oxygen atoms in total. The van der Waals surface area contributed by atoms with Crippen LogP contribution in [0.4, 0.5) is 5.69 Å². The molecule has 0 spiro atoms. The smallest absolute Gasteiger partial charge is 0.115 e. The van der Waals surface area contributed by atoms with Crippen LogP contribution in [-0.4, -0.2) is 15.0 Å². The summed E-state index contributed by atoms with van der Waals surface area (Å²) in [5.41, 5.74) is 7.74. The largest absolute Gasteiger partial charge is 0.362 e. The fourth-order valence-electron chi connectivity index (χ4n) is 4.37. The van der Waals surface area contributed by atoms with Crippen LogP contribution in [0.15, 0.2) is 103 Å². The number of hydrogen-bond acceptors (Lipinski definition) is 6. The summed E-state index contributed by atoms with van der Waals surface area (Å²) in [6, 6.07) is 37.2. The molecular weight excluding hydrogens is 482 g/mol. The van der Waals surface area contributed by atoms with E-state index in [0.29, 0.717) is 36.3 Å². The van der Waals surface area contributed by atoms with Gasteiger partial charge in [0.2, 0.25) is 0 Å². The van der Waals surface area contributed by atoms with Crippen LogP contribution in [0.5, 0.6) is 0 Å². The standard InChI is InChI=1S/C32H23N7/c33-17-24-5-11-27(12-6-24)20-38(21-28-13-7-25(18-34)8-14-28)32-4-2-1-3-30(32)31-23-39(37-36-31)22-29-15-9-26(19-35)10-16-29/h1-16,23H,20-22H2. The van der Waals surface area contributed by atoms with Gasteiger partial charge in [0.25, 0.3) is 0 Å². The molecule has 0 N–H and O–H groups in total. The van der Waals surface area contributed by atoms with E-state index in [2.05, 4.69) is 39.5 Å². The van der Waals surface area contributed by atoms with Crippen LogP contribution in [0.25, 0.3) is 11.3 Å². The lowest BCUT2D eigenvalue weighted by atomic mass is 10.1. The molecule has 0 atom stereocenters. The first-order chi connectivity index (χ1) is 19.1. The number of nitrogens with zero attached hydrogens (tertiary/aromatic N) is 7. The number of benzene rings is 4. The van der Waals surface area contributed by atoms with Crippen molar-refractivity contribution in [2.45, 2.75) is 19.6 Å². The van der Waals surface area contributed by atoms with Gasteiger partial charge < -0.3 is 4.90 Å². The van der Waals surface area contributed by atoms with E-state index in [0.717, 1.165) is 33.6 Å². The summed E-state index contributed by atoms with van der Waals surface area (Å²) < 4.78 is 1.79. The lowest BCUT2D eigenvalue weighted by Crippen LogP contribution is -2.23. The van der Waals surface area contributed by atoms with Gasteiger partial charge in [0.1, 0.15) is 5.69 Å². The number of anilines is 1. The van der Waals surface area contributed by atoms with Crippen LogP contribution in [0.2, 0.25) is 0 Å². The molecular formula is C32H23N7. The maximum absolute atomic E-state index is 9.20. The Balaban J connectivity index is 1.46. The van der Waals surface area contributed by atoms with Crippen LogP contribution in [-0.2, 0) is 19.6 Å². The summed E-state index contributed by atoms with van der Waals surface area (Å²) in [7, 11) is 0. The van der Waals surface area contributed by atoms with Gasteiger partial charge in [-0.3, -0.25) is 0 Å². The molecule has 0 bridgehead atoms. The van der Waals surface area contributed by atoms with E-state index in [4.69, 9.17) is 5.26 Å². The lowest BCUT2D eigenvalue weighted by Gasteiger charge is -2.27. The van der Waals surface area contributed by atoms with Crippen LogP contribution in [0.3, 0.4) is 0 Å². The van der Waals surface area contributed by atoms with Gasteiger partial charge in [0.05, 0.1) is 47.6 Å². The zero-order valence-corrected chi connectivity index (χ0v) is 21.1. The first-order valence-electron chi connectivity index (χ1n) is 12.4. The number of para-hydroxylation sites is 1. The minimum absolute atomic E-state index is 0.543. The minimum Gasteiger partial charge on any atom is -0.362 e. The van der Waals surface area contributed by atoms with E-state index in [-0.39, 0.29) is 0 Å². The van der Waals surface area contributed by atoms with Crippen molar-refractivity contribution < 1.29 is 0 Å². The van der Waals surface area contributed by atoms with Gasteiger partial charge in [-0.1, -0.05) is 59.8 Å². The zero-order valence-electron chi connectivity index (χ0n) is 21.1. The summed E-state index contributed by atoms with van der Waals surface area (Å²) in [5, 5.41) is 36.3. The fraction of sp³-hybridized carbons (Fsp3) is 0.0938. The van der Waals surface area contributed by atoms with E-state index in [9.17, 15) is 10.5 Å². The molecule has 0 saturated heterocycles. The van der Waals surface area contributed by atoms with Crippen molar-refractivity contribution in [2.75, 3.05) is 4.90 Å². The highest BCUT2D eigenvalue weighted by Gasteiger charge is 2.16. The van der Waals surface area contributed by atoms with Gasteiger partial charge in [-0.15, -0.1) is 5.10 Å². The molecule has 0 aliphatic heterocycles. The summed E-state index contributed by atoms with van der Waals surface area (Å²) >= 11 is 0. The first kappa shape index (κ1) is 25.0. The lowest BCUT2D eigenvalue weighted by molar-refractivity contribution is 0.650. The number of hydrogen-bond donors (Lipinski definition) is 0. The van der Waals surface area contributed by atoms with Gasteiger partial charge in [-0.2, -0.15) is 15.8 Å². The quantitative estimate of drug-likeness (QED) is 0.263. The highest BCUT2D eigenvalue weighted by Crippen LogP contribution is 2.32. The van der Waals surface area contributed by atoms with Crippen molar-refractivity contribution in [3.63, 3.8) is 0 Å². The van der Waals surface area contributed by atoms with E-state index < -0.39 is 0 Å². The third-order valence-corrected chi connectivity index (χ3v) is 6.40. The summed E-state index contributed by atoms with van der Waals surface area (Å²) in [5.74, 6) is 0. The van der Waals surface area contributed by atoms with Crippen molar-refractivity contribution >= 4 is 5.69 Å². The fourth-order valence-corrected chi connectivity index (χ4v) is 4.37. The number of nitriles is 3. The Labute approximate surface area is 227 Å². The SMILES string of the molecule is N#Cc1ccc(CN(Cc2ccc(C#N)cc2)c2ccccc2-c2cn(Cc3ccc(C#N)cc3)nn2)cc1. The molecule has 1 heterocycles. The van der Waals surface area contributed by atoms with E-state index >= 15 is 0 Å².